The van der Waals surface area contributed by atoms with E-state index in [9.17, 15) is 13.5 Å². The van der Waals surface area contributed by atoms with Crippen molar-refractivity contribution in [3.8, 4) is 5.75 Å². The van der Waals surface area contributed by atoms with E-state index >= 15 is 0 Å². The van der Waals surface area contributed by atoms with Crippen molar-refractivity contribution in [2.75, 3.05) is 16.7 Å². The second-order valence-corrected chi connectivity index (χ2v) is 6.62. The van der Waals surface area contributed by atoms with Crippen LogP contribution in [-0.2, 0) is 10.0 Å². The molecule has 106 valence electrons. The van der Waals surface area contributed by atoms with Crippen LogP contribution in [0.4, 0.5) is 11.4 Å². The second kappa shape index (κ2) is 5.64. The summed E-state index contributed by atoms with van der Waals surface area (Å²) in [6.07, 6.45) is 1.94. The van der Waals surface area contributed by atoms with Gasteiger partial charge in [0.1, 0.15) is 5.75 Å². The molecule has 0 spiro atoms. The molecule has 0 fully saturated rings. The molecule has 0 radical (unpaired) electrons. The zero-order valence-corrected chi connectivity index (χ0v) is 12.3. The number of aromatic hydroxyl groups is 1. The van der Waals surface area contributed by atoms with Crippen LogP contribution in [0.15, 0.2) is 52.3 Å². The Morgan fingerprint density at radius 3 is 2.35 bits per heavy atom. The van der Waals surface area contributed by atoms with Gasteiger partial charge in [-0.15, -0.1) is 11.8 Å². The Kier molecular flexibility index (Phi) is 4.10. The number of rotatable bonds is 4. The quantitative estimate of drug-likeness (QED) is 0.458. The van der Waals surface area contributed by atoms with Gasteiger partial charge in [-0.3, -0.25) is 4.72 Å². The fraction of sp³-hybridized carbons (Fsp3) is 0.0769. The molecule has 5 nitrogen and oxygen atoms in total. The monoisotopic (exact) mass is 310 g/mol. The molecule has 0 aliphatic rings. The third-order valence-corrected chi connectivity index (χ3v) is 4.77. The first kappa shape index (κ1) is 14.5. The lowest BCUT2D eigenvalue weighted by Crippen LogP contribution is -2.13. The minimum Gasteiger partial charge on any atom is -0.506 e. The van der Waals surface area contributed by atoms with Crippen LogP contribution in [0.1, 0.15) is 0 Å². The van der Waals surface area contributed by atoms with E-state index in [1.807, 2.05) is 18.4 Å². The standard InChI is InChI=1S/C13H14N2O3S2/c1-19-10-4-2-9(3-5-10)15-20(17,18)11-6-7-13(16)12(14)8-11/h2-8,15-16H,14H2,1H3. The van der Waals surface area contributed by atoms with Gasteiger partial charge in [0, 0.05) is 10.6 Å². The number of phenolic OH excluding ortho intramolecular Hbond substituents is 1. The van der Waals surface area contributed by atoms with E-state index in [2.05, 4.69) is 4.72 Å². The first-order valence-corrected chi connectivity index (χ1v) is 8.38. The van der Waals surface area contributed by atoms with E-state index in [4.69, 9.17) is 5.73 Å². The van der Waals surface area contributed by atoms with E-state index in [1.54, 1.807) is 23.9 Å². The van der Waals surface area contributed by atoms with Crippen LogP contribution in [0.2, 0.25) is 0 Å². The van der Waals surface area contributed by atoms with Gasteiger partial charge in [-0.2, -0.15) is 0 Å². The first-order chi connectivity index (χ1) is 9.42. The number of nitrogen functional groups attached to an aromatic ring is 1. The number of phenols is 1. The molecule has 0 saturated carbocycles. The largest absolute Gasteiger partial charge is 0.506 e. The van der Waals surface area contributed by atoms with Gasteiger partial charge in [-0.25, -0.2) is 8.42 Å². The second-order valence-electron chi connectivity index (χ2n) is 4.05. The third kappa shape index (κ3) is 3.17. The van der Waals surface area contributed by atoms with Crippen LogP contribution in [0.25, 0.3) is 0 Å². The summed E-state index contributed by atoms with van der Waals surface area (Å²) in [5, 5.41) is 9.31. The Hall–Kier alpha value is -1.86. The lowest BCUT2D eigenvalue weighted by molar-refractivity contribution is 0.477. The van der Waals surface area contributed by atoms with E-state index in [0.29, 0.717) is 5.69 Å². The van der Waals surface area contributed by atoms with Gasteiger partial charge in [0.15, 0.2) is 0 Å². The van der Waals surface area contributed by atoms with Crippen LogP contribution < -0.4 is 10.5 Å². The molecule has 0 unspecified atom stereocenters. The molecule has 2 aromatic carbocycles. The van der Waals surface area contributed by atoms with Crippen molar-refractivity contribution in [3.05, 3.63) is 42.5 Å². The van der Waals surface area contributed by atoms with E-state index < -0.39 is 10.0 Å². The van der Waals surface area contributed by atoms with Crippen LogP contribution in [0.5, 0.6) is 5.75 Å². The van der Waals surface area contributed by atoms with E-state index in [0.717, 1.165) is 4.90 Å². The highest BCUT2D eigenvalue weighted by Crippen LogP contribution is 2.25. The molecule has 2 rings (SSSR count). The average molecular weight is 310 g/mol. The molecule has 0 aliphatic heterocycles. The molecule has 0 bridgehead atoms. The van der Waals surface area contributed by atoms with Crippen molar-refractivity contribution in [1.82, 2.24) is 0 Å². The van der Waals surface area contributed by atoms with Crippen molar-refractivity contribution in [3.63, 3.8) is 0 Å². The van der Waals surface area contributed by atoms with Gasteiger partial charge < -0.3 is 10.8 Å². The molecular weight excluding hydrogens is 296 g/mol. The molecule has 0 heterocycles. The Morgan fingerprint density at radius 1 is 1.15 bits per heavy atom. The summed E-state index contributed by atoms with van der Waals surface area (Å²) >= 11 is 1.57. The molecule has 0 atom stereocenters. The first-order valence-electron chi connectivity index (χ1n) is 5.68. The summed E-state index contributed by atoms with van der Waals surface area (Å²) < 4.78 is 26.8. The minimum absolute atomic E-state index is 0.00161. The van der Waals surface area contributed by atoms with Crippen LogP contribution in [0.3, 0.4) is 0 Å². The van der Waals surface area contributed by atoms with Crippen molar-refractivity contribution in [1.29, 1.82) is 0 Å². The van der Waals surface area contributed by atoms with Crippen molar-refractivity contribution in [2.24, 2.45) is 0 Å². The Bertz CT molecular complexity index is 713. The predicted octanol–water partition coefficient (Wildman–Crippen LogP) is 2.50. The minimum atomic E-state index is -3.72. The molecule has 7 heteroatoms. The van der Waals surface area contributed by atoms with Crippen LogP contribution >= 0.6 is 11.8 Å². The van der Waals surface area contributed by atoms with Crippen molar-refractivity contribution >= 4 is 33.2 Å². The Balaban J connectivity index is 2.27. The molecule has 0 aromatic heterocycles. The summed E-state index contributed by atoms with van der Waals surface area (Å²) in [4.78, 5) is 1.04. The number of sulfonamides is 1. The lowest BCUT2D eigenvalue weighted by Gasteiger charge is -2.09. The van der Waals surface area contributed by atoms with Gasteiger partial charge in [0.05, 0.1) is 10.6 Å². The molecule has 0 amide bonds. The zero-order chi connectivity index (χ0) is 14.8. The summed E-state index contributed by atoms with van der Waals surface area (Å²) in [5.41, 5.74) is 5.99. The van der Waals surface area contributed by atoms with Gasteiger partial charge in [0.2, 0.25) is 0 Å². The summed E-state index contributed by atoms with van der Waals surface area (Å²) in [6.45, 7) is 0. The molecule has 4 N–H and O–H groups in total. The number of benzene rings is 2. The maximum Gasteiger partial charge on any atom is 0.261 e. The zero-order valence-electron chi connectivity index (χ0n) is 10.7. The van der Waals surface area contributed by atoms with Gasteiger partial charge in [0.25, 0.3) is 10.0 Å². The fourth-order valence-corrected chi connectivity index (χ4v) is 3.07. The van der Waals surface area contributed by atoms with Crippen LogP contribution in [0, 0.1) is 0 Å². The number of anilines is 2. The van der Waals surface area contributed by atoms with Crippen molar-refractivity contribution < 1.29 is 13.5 Å². The highest BCUT2D eigenvalue weighted by molar-refractivity contribution is 7.98. The summed E-state index contributed by atoms with van der Waals surface area (Å²) in [7, 11) is -3.72. The fourth-order valence-electron chi connectivity index (χ4n) is 1.57. The van der Waals surface area contributed by atoms with Crippen LogP contribution in [-0.4, -0.2) is 19.8 Å². The number of thioether (sulfide) groups is 1. The summed E-state index contributed by atoms with van der Waals surface area (Å²) in [5.74, 6) is -0.145. The topological polar surface area (TPSA) is 92.4 Å². The third-order valence-electron chi connectivity index (χ3n) is 2.65. The predicted molar refractivity (Wildman–Crippen MR) is 81.6 cm³/mol. The smallest absolute Gasteiger partial charge is 0.261 e. The maximum absolute atomic E-state index is 12.2. The van der Waals surface area contributed by atoms with E-state index in [1.165, 1.54) is 18.2 Å². The molecule has 0 aliphatic carbocycles. The van der Waals surface area contributed by atoms with Gasteiger partial charge in [-0.05, 0) is 48.7 Å². The highest BCUT2D eigenvalue weighted by Gasteiger charge is 2.15. The number of hydrogen-bond donors (Lipinski definition) is 3. The molecule has 20 heavy (non-hydrogen) atoms. The number of nitrogens with two attached hydrogens (primary N) is 1. The maximum atomic E-state index is 12.2. The highest BCUT2D eigenvalue weighted by atomic mass is 32.2. The molecule has 0 saturated heterocycles. The Morgan fingerprint density at radius 2 is 1.80 bits per heavy atom. The van der Waals surface area contributed by atoms with E-state index in [-0.39, 0.29) is 16.3 Å². The van der Waals surface area contributed by atoms with Gasteiger partial charge in [-0.1, -0.05) is 0 Å². The summed E-state index contributed by atoms with van der Waals surface area (Å²) in [6, 6.07) is 10.8. The molecule has 2 aromatic rings. The number of nitrogens with one attached hydrogen (secondary N) is 1. The Labute approximate surface area is 121 Å². The van der Waals surface area contributed by atoms with Crippen molar-refractivity contribution in [2.45, 2.75) is 9.79 Å². The molecular formula is C13H14N2O3S2. The van der Waals surface area contributed by atoms with Gasteiger partial charge >= 0.3 is 0 Å². The SMILES string of the molecule is CSc1ccc(NS(=O)(=O)c2ccc(O)c(N)c2)cc1. The average Bonchev–Trinajstić information content (AvgIpc) is 2.42. The lowest BCUT2D eigenvalue weighted by atomic mass is 10.3. The number of hydrogen-bond acceptors (Lipinski definition) is 5. The normalized spacial score (nSPS) is 11.2.